The van der Waals surface area contributed by atoms with Gasteiger partial charge < -0.3 is 13.9 Å². The summed E-state index contributed by atoms with van der Waals surface area (Å²) in [5.74, 6) is 1.54. The van der Waals surface area contributed by atoms with Gasteiger partial charge >= 0.3 is 0 Å². The maximum Gasteiger partial charge on any atom is 0.231 e. The first kappa shape index (κ1) is 13.2. The Hall–Kier alpha value is -3.27. The van der Waals surface area contributed by atoms with Crippen LogP contribution in [0.1, 0.15) is 5.56 Å². The van der Waals surface area contributed by atoms with E-state index in [4.69, 9.17) is 13.9 Å². The molecule has 24 heavy (non-hydrogen) atoms. The Morgan fingerprint density at radius 3 is 2.67 bits per heavy atom. The van der Waals surface area contributed by atoms with Crippen molar-refractivity contribution in [3.8, 4) is 11.5 Å². The van der Waals surface area contributed by atoms with Gasteiger partial charge in [-0.1, -0.05) is 18.2 Å². The lowest BCUT2D eigenvalue weighted by Crippen LogP contribution is -1.92. The fourth-order valence-corrected chi connectivity index (χ4v) is 2.94. The predicted octanol–water partition coefficient (Wildman–Crippen LogP) is 5.07. The number of hydrogen-bond donors (Lipinski definition) is 0. The lowest BCUT2D eigenvalue weighted by Gasteiger charge is -1.98. The van der Waals surface area contributed by atoms with E-state index in [-0.39, 0.29) is 6.79 Å². The van der Waals surface area contributed by atoms with E-state index in [1.165, 1.54) is 0 Å². The van der Waals surface area contributed by atoms with E-state index in [0.717, 1.165) is 44.7 Å². The summed E-state index contributed by atoms with van der Waals surface area (Å²) in [6.45, 7) is 0.278. The fraction of sp³-hybridized carbons (Fsp3) is 0.0500. The van der Waals surface area contributed by atoms with Gasteiger partial charge in [0.1, 0.15) is 11.2 Å². The van der Waals surface area contributed by atoms with Gasteiger partial charge in [-0.05, 0) is 48.0 Å². The van der Waals surface area contributed by atoms with Crippen LogP contribution < -0.4 is 9.47 Å². The van der Waals surface area contributed by atoms with E-state index in [0.29, 0.717) is 0 Å². The Balaban J connectivity index is 1.53. The predicted molar refractivity (Wildman–Crippen MR) is 93.5 cm³/mol. The van der Waals surface area contributed by atoms with Crippen LogP contribution in [-0.4, -0.2) is 13.0 Å². The van der Waals surface area contributed by atoms with Gasteiger partial charge in [0.2, 0.25) is 6.79 Å². The van der Waals surface area contributed by atoms with Crippen molar-refractivity contribution < 1.29 is 13.9 Å². The number of hydrogen-bond acceptors (Lipinski definition) is 4. The van der Waals surface area contributed by atoms with E-state index in [9.17, 15) is 0 Å². The van der Waals surface area contributed by atoms with E-state index >= 15 is 0 Å². The summed E-state index contributed by atoms with van der Waals surface area (Å²) < 4.78 is 16.5. The normalized spacial score (nSPS) is 13.3. The molecule has 0 saturated heterocycles. The molecule has 4 nitrogen and oxygen atoms in total. The van der Waals surface area contributed by atoms with Crippen LogP contribution in [0.5, 0.6) is 11.5 Å². The first-order valence-corrected chi connectivity index (χ1v) is 7.72. The Morgan fingerprint density at radius 2 is 1.67 bits per heavy atom. The zero-order chi connectivity index (χ0) is 15.9. The monoisotopic (exact) mass is 315 g/mol. The topological polar surface area (TPSA) is 44.0 Å². The molecule has 4 aromatic rings. The molecule has 0 amide bonds. The number of para-hydroxylation sites is 1. The van der Waals surface area contributed by atoms with Crippen molar-refractivity contribution in [1.82, 2.24) is 0 Å². The molecule has 4 heteroatoms. The van der Waals surface area contributed by atoms with Gasteiger partial charge in [-0.3, -0.25) is 4.99 Å². The highest BCUT2D eigenvalue weighted by molar-refractivity contribution is 6.06. The van der Waals surface area contributed by atoms with E-state index < -0.39 is 0 Å². The molecule has 1 aliphatic heterocycles. The summed E-state index contributed by atoms with van der Waals surface area (Å²) in [4.78, 5) is 4.58. The van der Waals surface area contributed by atoms with Crippen LogP contribution in [-0.2, 0) is 0 Å². The van der Waals surface area contributed by atoms with Crippen molar-refractivity contribution in [2.75, 3.05) is 6.79 Å². The summed E-state index contributed by atoms with van der Waals surface area (Å²) in [5.41, 5.74) is 3.62. The maximum absolute atomic E-state index is 5.84. The molecular weight excluding hydrogens is 302 g/mol. The van der Waals surface area contributed by atoms with Gasteiger partial charge in [-0.25, -0.2) is 0 Å². The molecule has 116 valence electrons. The molecule has 0 aliphatic carbocycles. The highest BCUT2D eigenvalue weighted by Gasteiger charge is 2.12. The third kappa shape index (κ3) is 2.12. The fourth-order valence-electron chi connectivity index (χ4n) is 2.94. The third-order valence-corrected chi connectivity index (χ3v) is 4.12. The Labute approximate surface area is 137 Å². The Morgan fingerprint density at radius 1 is 0.792 bits per heavy atom. The number of ether oxygens (including phenoxy) is 2. The standard InChI is InChI=1S/C20H13NO3/c1-2-4-17-15(3-1)16-10-14(6-8-18(16)24-17)21-11-13-5-7-19-20(9-13)23-12-22-19/h1-11H,12H2. The Kier molecular flexibility index (Phi) is 2.82. The lowest BCUT2D eigenvalue weighted by atomic mass is 10.1. The number of furan rings is 1. The molecule has 2 heterocycles. The van der Waals surface area contributed by atoms with Crippen molar-refractivity contribution in [3.05, 3.63) is 66.2 Å². The van der Waals surface area contributed by atoms with Crippen LogP contribution in [0.15, 0.2) is 70.1 Å². The third-order valence-electron chi connectivity index (χ3n) is 4.12. The molecule has 0 spiro atoms. The van der Waals surface area contributed by atoms with Crippen LogP contribution >= 0.6 is 0 Å². The molecule has 3 aromatic carbocycles. The number of benzene rings is 3. The molecule has 0 atom stereocenters. The number of aliphatic imine (C=N–C) groups is 1. The van der Waals surface area contributed by atoms with Gasteiger partial charge in [0, 0.05) is 17.0 Å². The maximum atomic E-state index is 5.84. The van der Waals surface area contributed by atoms with Gasteiger partial charge in [0.15, 0.2) is 11.5 Å². The van der Waals surface area contributed by atoms with Crippen LogP contribution in [0.25, 0.3) is 21.9 Å². The van der Waals surface area contributed by atoms with E-state index in [1.807, 2.05) is 60.8 Å². The van der Waals surface area contributed by atoms with Gasteiger partial charge in [-0.15, -0.1) is 0 Å². The minimum absolute atomic E-state index is 0.278. The van der Waals surface area contributed by atoms with Gasteiger partial charge in [-0.2, -0.15) is 0 Å². The molecule has 1 aliphatic rings. The number of rotatable bonds is 2. The molecular formula is C20H13NO3. The number of fused-ring (bicyclic) bond motifs is 4. The zero-order valence-corrected chi connectivity index (χ0v) is 12.7. The minimum Gasteiger partial charge on any atom is -0.456 e. The molecule has 0 saturated carbocycles. The van der Waals surface area contributed by atoms with Crippen molar-refractivity contribution in [1.29, 1.82) is 0 Å². The van der Waals surface area contributed by atoms with Crippen LogP contribution in [0.4, 0.5) is 5.69 Å². The summed E-state index contributed by atoms with van der Waals surface area (Å²) in [5, 5.41) is 2.18. The number of nitrogens with zero attached hydrogens (tertiary/aromatic N) is 1. The highest BCUT2D eigenvalue weighted by Crippen LogP contribution is 2.33. The second-order valence-electron chi connectivity index (χ2n) is 5.65. The lowest BCUT2D eigenvalue weighted by molar-refractivity contribution is 0.174. The molecule has 0 N–H and O–H groups in total. The SMILES string of the molecule is C(=Nc1ccc2oc3ccccc3c2c1)c1ccc2c(c1)OCO2. The second kappa shape index (κ2) is 5.13. The first-order valence-electron chi connectivity index (χ1n) is 7.72. The summed E-state index contributed by atoms with van der Waals surface area (Å²) in [6, 6.07) is 19.8. The molecule has 5 rings (SSSR count). The molecule has 1 aromatic heterocycles. The van der Waals surface area contributed by atoms with Crippen LogP contribution in [0, 0.1) is 0 Å². The van der Waals surface area contributed by atoms with E-state index in [2.05, 4.69) is 11.1 Å². The van der Waals surface area contributed by atoms with Crippen LogP contribution in [0.2, 0.25) is 0 Å². The molecule has 0 fully saturated rings. The minimum atomic E-state index is 0.278. The second-order valence-corrected chi connectivity index (χ2v) is 5.65. The molecule has 0 radical (unpaired) electrons. The summed E-state index contributed by atoms with van der Waals surface area (Å²) in [7, 11) is 0. The van der Waals surface area contributed by atoms with Crippen molar-refractivity contribution in [2.24, 2.45) is 4.99 Å². The summed E-state index contributed by atoms with van der Waals surface area (Å²) in [6.07, 6.45) is 1.82. The quantitative estimate of drug-likeness (QED) is 0.485. The summed E-state index contributed by atoms with van der Waals surface area (Å²) >= 11 is 0. The van der Waals surface area contributed by atoms with Gasteiger partial charge in [0.05, 0.1) is 5.69 Å². The zero-order valence-electron chi connectivity index (χ0n) is 12.7. The largest absolute Gasteiger partial charge is 0.456 e. The first-order chi connectivity index (χ1) is 11.9. The molecule has 0 bridgehead atoms. The average molecular weight is 315 g/mol. The highest BCUT2D eigenvalue weighted by atomic mass is 16.7. The van der Waals surface area contributed by atoms with Crippen molar-refractivity contribution in [2.45, 2.75) is 0 Å². The van der Waals surface area contributed by atoms with Crippen LogP contribution in [0.3, 0.4) is 0 Å². The van der Waals surface area contributed by atoms with Gasteiger partial charge in [0.25, 0.3) is 0 Å². The average Bonchev–Trinajstić information content (AvgIpc) is 3.23. The van der Waals surface area contributed by atoms with Crippen molar-refractivity contribution >= 4 is 33.8 Å². The molecule has 0 unspecified atom stereocenters. The smallest absolute Gasteiger partial charge is 0.231 e. The van der Waals surface area contributed by atoms with Crippen molar-refractivity contribution in [3.63, 3.8) is 0 Å². The Bertz CT molecular complexity index is 1090. The van der Waals surface area contributed by atoms with E-state index in [1.54, 1.807) is 0 Å².